The molecule has 0 amide bonds. The van der Waals surface area contributed by atoms with Gasteiger partial charge in [-0.05, 0) is 67.1 Å². The van der Waals surface area contributed by atoms with E-state index in [-0.39, 0.29) is 5.41 Å². The second-order valence-electron chi connectivity index (χ2n) is 8.43. The molecule has 4 aliphatic rings. The molecule has 1 heteroatoms. The summed E-state index contributed by atoms with van der Waals surface area (Å²) in [5, 5.41) is 0. The maximum atomic E-state index is 13.2. The predicted octanol–water partition coefficient (Wildman–Crippen LogP) is 5.13. The van der Waals surface area contributed by atoms with E-state index in [2.05, 4.69) is 24.3 Å². The van der Waals surface area contributed by atoms with Gasteiger partial charge in [0.05, 0.1) is 0 Å². The van der Waals surface area contributed by atoms with Crippen molar-refractivity contribution in [3.05, 3.63) is 46.5 Å². The molecule has 0 radical (unpaired) electrons. The van der Waals surface area contributed by atoms with Gasteiger partial charge in [0.1, 0.15) is 5.78 Å². The Kier molecular flexibility index (Phi) is 3.08. The van der Waals surface area contributed by atoms with E-state index < -0.39 is 0 Å². The summed E-state index contributed by atoms with van der Waals surface area (Å²) < 4.78 is 0. The Balaban J connectivity index is 1.53. The van der Waals surface area contributed by atoms with Crippen LogP contribution in [0.5, 0.6) is 0 Å². The second kappa shape index (κ2) is 5.06. The van der Waals surface area contributed by atoms with Crippen molar-refractivity contribution in [1.82, 2.24) is 0 Å². The van der Waals surface area contributed by atoms with Gasteiger partial charge in [-0.1, -0.05) is 49.1 Å². The molecular weight excluding hydrogens is 280 g/mol. The number of carbonyl (C=O) groups excluding carboxylic acids is 1. The number of carbonyl (C=O) groups is 1. The third-order valence-electron chi connectivity index (χ3n) is 7.28. The van der Waals surface area contributed by atoms with Crippen LogP contribution in [-0.2, 0) is 17.6 Å². The summed E-state index contributed by atoms with van der Waals surface area (Å²) in [4.78, 5) is 13.2. The van der Waals surface area contributed by atoms with Crippen LogP contribution in [0, 0.1) is 11.3 Å². The van der Waals surface area contributed by atoms with Crippen molar-refractivity contribution in [2.45, 2.75) is 70.1 Å². The number of ketones is 1. The standard InChI is InChI=1S/C22H26O/c23-21-12-20-17(14-22(21)13-15-9-10-18(22)11-15)7-4-8-19(20)16-5-2-1-3-6-16/h4,7-9,16,18H,1-3,5-6,10-14H2. The highest BCUT2D eigenvalue weighted by atomic mass is 16.1. The Hall–Kier alpha value is -1.37. The van der Waals surface area contributed by atoms with E-state index in [4.69, 9.17) is 0 Å². The molecule has 2 fully saturated rings. The number of hydrogen-bond donors (Lipinski definition) is 0. The van der Waals surface area contributed by atoms with Gasteiger partial charge in [0.2, 0.25) is 0 Å². The number of allylic oxidation sites excluding steroid dienone is 2. The summed E-state index contributed by atoms with van der Waals surface area (Å²) in [5.41, 5.74) is 5.98. The minimum Gasteiger partial charge on any atom is -0.299 e. The third kappa shape index (κ3) is 2.01. The highest BCUT2D eigenvalue weighted by Gasteiger charge is 2.53. The van der Waals surface area contributed by atoms with Crippen molar-refractivity contribution in [2.75, 3.05) is 0 Å². The molecule has 1 aromatic carbocycles. The molecular formula is C22H26O. The monoisotopic (exact) mass is 306 g/mol. The highest BCUT2D eigenvalue weighted by Crippen LogP contribution is 2.57. The summed E-state index contributed by atoms with van der Waals surface area (Å²) in [5.74, 6) is 1.88. The molecule has 0 heterocycles. The normalized spacial score (nSPS) is 33.1. The molecule has 23 heavy (non-hydrogen) atoms. The lowest BCUT2D eigenvalue weighted by molar-refractivity contribution is -0.131. The van der Waals surface area contributed by atoms with E-state index in [9.17, 15) is 4.79 Å². The van der Waals surface area contributed by atoms with E-state index >= 15 is 0 Å². The van der Waals surface area contributed by atoms with Gasteiger partial charge in [-0.3, -0.25) is 4.79 Å². The Morgan fingerprint density at radius 1 is 1.04 bits per heavy atom. The average Bonchev–Trinajstić information content (AvgIpc) is 3.18. The van der Waals surface area contributed by atoms with Crippen molar-refractivity contribution in [3.63, 3.8) is 0 Å². The maximum Gasteiger partial charge on any atom is 0.144 e. The fourth-order valence-electron chi connectivity index (χ4n) is 6.05. The summed E-state index contributed by atoms with van der Waals surface area (Å²) in [6, 6.07) is 6.90. The molecule has 5 rings (SSSR count). The molecule has 2 bridgehead atoms. The average molecular weight is 306 g/mol. The number of Topliss-reactive ketones (excluding diaryl/α,β-unsaturated/α-hetero) is 1. The molecule has 1 spiro atoms. The van der Waals surface area contributed by atoms with Crippen LogP contribution >= 0.6 is 0 Å². The Labute approximate surface area is 139 Å². The van der Waals surface area contributed by atoms with Crippen LogP contribution in [0.4, 0.5) is 0 Å². The highest BCUT2D eigenvalue weighted by molar-refractivity contribution is 5.91. The van der Waals surface area contributed by atoms with Gasteiger partial charge in [0.15, 0.2) is 0 Å². The molecule has 0 aromatic heterocycles. The van der Waals surface area contributed by atoms with Crippen LogP contribution in [0.15, 0.2) is 29.8 Å². The summed E-state index contributed by atoms with van der Waals surface area (Å²) >= 11 is 0. The molecule has 2 unspecified atom stereocenters. The summed E-state index contributed by atoms with van der Waals surface area (Å²) in [7, 11) is 0. The summed E-state index contributed by atoms with van der Waals surface area (Å²) in [6.07, 6.45) is 14.3. The molecule has 0 aliphatic heterocycles. The maximum absolute atomic E-state index is 13.2. The van der Waals surface area contributed by atoms with Crippen LogP contribution in [0.3, 0.4) is 0 Å². The van der Waals surface area contributed by atoms with Crippen LogP contribution in [-0.4, -0.2) is 5.78 Å². The molecule has 120 valence electrons. The Bertz CT molecular complexity index is 692. The number of rotatable bonds is 1. The third-order valence-corrected chi connectivity index (χ3v) is 7.28. The van der Waals surface area contributed by atoms with Gasteiger partial charge < -0.3 is 0 Å². The van der Waals surface area contributed by atoms with Crippen LogP contribution in [0.2, 0.25) is 0 Å². The first-order valence-corrected chi connectivity index (χ1v) is 9.58. The molecule has 2 saturated carbocycles. The van der Waals surface area contributed by atoms with Crippen LogP contribution in [0.25, 0.3) is 0 Å². The van der Waals surface area contributed by atoms with Crippen molar-refractivity contribution < 1.29 is 4.79 Å². The van der Waals surface area contributed by atoms with Crippen molar-refractivity contribution >= 4 is 5.78 Å². The smallest absolute Gasteiger partial charge is 0.144 e. The van der Waals surface area contributed by atoms with E-state index in [1.807, 2.05) is 0 Å². The first kappa shape index (κ1) is 14.0. The predicted molar refractivity (Wildman–Crippen MR) is 92.5 cm³/mol. The zero-order valence-electron chi connectivity index (χ0n) is 13.9. The summed E-state index contributed by atoms with van der Waals surface area (Å²) in [6.45, 7) is 0. The topological polar surface area (TPSA) is 17.1 Å². The van der Waals surface area contributed by atoms with Crippen LogP contribution in [0.1, 0.15) is 74.0 Å². The Morgan fingerprint density at radius 2 is 1.91 bits per heavy atom. The molecule has 0 saturated heterocycles. The van der Waals surface area contributed by atoms with Gasteiger partial charge in [-0.15, -0.1) is 0 Å². The van der Waals surface area contributed by atoms with Crippen molar-refractivity contribution in [1.29, 1.82) is 0 Å². The first-order valence-electron chi connectivity index (χ1n) is 9.58. The van der Waals surface area contributed by atoms with Gasteiger partial charge in [-0.25, -0.2) is 0 Å². The van der Waals surface area contributed by atoms with E-state index in [0.717, 1.165) is 19.3 Å². The minimum absolute atomic E-state index is 0.0255. The largest absolute Gasteiger partial charge is 0.299 e. The SMILES string of the molecule is O=C1Cc2c(cccc2C2CCCCC2)CC12CC1=CCC2C1. The van der Waals surface area contributed by atoms with Gasteiger partial charge >= 0.3 is 0 Å². The minimum atomic E-state index is -0.0255. The molecule has 1 nitrogen and oxygen atoms in total. The second-order valence-corrected chi connectivity index (χ2v) is 8.43. The number of benzene rings is 1. The molecule has 4 aliphatic carbocycles. The fraction of sp³-hybridized carbons (Fsp3) is 0.591. The zero-order chi connectivity index (χ0) is 15.4. The molecule has 1 aromatic rings. The van der Waals surface area contributed by atoms with E-state index in [1.54, 1.807) is 5.57 Å². The quantitative estimate of drug-likeness (QED) is 0.657. The van der Waals surface area contributed by atoms with Crippen molar-refractivity contribution in [2.24, 2.45) is 11.3 Å². The van der Waals surface area contributed by atoms with Crippen LogP contribution < -0.4 is 0 Å². The zero-order valence-corrected chi connectivity index (χ0v) is 13.9. The molecule has 0 N–H and O–H groups in total. The van der Waals surface area contributed by atoms with Gasteiger partial charge in [-0.2, -0.15) is 0 Å². The number of hydrogen-bond acceptors (Lipinski definition) is 1. The fourth-order valence-corrected chi connectivity index (χ4v) is 6.05. The van der Waals surface area contributed by atoms with Gasteiger partial charge in [0, 0.05) is 11.8 Å². The Morgan fingerprint density at radius 3 is 2.65 bits per heavy atom. The first-order chi connectivity index (χ1) is 11.3. The number of fused-ring (bicyclic) bond motifs is 4. The van der Waals surface area contributed by atoms with E-state index in [1.165, 1.54) is 55.2 Å². The van der Waals surface area contributed by atoms with E-state index in [0.29, 0.717) is 24.0 Å². The lowest BCUT2D eigenvalue weighted by Crippen LogP contribution is -2.42. The van der Waals surface area contributed by atoms with Gasteiger partial charge in [0.25, 0.3) is 0 Å². The molecule has 2 atom stereocenters. The lowest BCUT2D eigenvalue weighted by atomic mass is 9.62. The lowest BCUT2D eigenvalue weighted by Gasteiger charge is -2.40. The van der Waals surface area contributed by atoms with Crippen molar-refractivity contribution in [3.8, 4) is 0 Å².